The van der Waals surface area contributed by atoms with Gasteiger partial charge in [0, 0.05) is 30.4 Å². The molecule has 160 valence electrons. The maximum absolute atomic E-state index is 13.0. The van der Waals surface area contributed by atoms with E-state index in [1.807, 2.05) is 30.3 Å². The topological polar surface area (TPSA) is 64.4 Å². The van der Waals surface area contributed by atoms with Gasteiger partial charge in [-0.05, 0) is 42.8 Å². The van der Waals surface area contributed by atoms with E-state index < -0.39 is 10.0 Å². The van der Waals surface area contributed by atoms with E-state index >= 15 is 0 Å². The van der Waals surface area contributed by atoms with Crippen molar-refractivity contribution in [3.63, 3.8) is 0 Å². The largest absolute Gasteiger partial charge is 0.379 e. The minimum atomic E-state index is -3.53. The number of rotatable bonds is 7. The highest BCUT2D eigenvalue weighted by atomic mass is 35.5. The Balaban J connectivity index is 1.55. The number of fused-ring (bicyclic) bond motifs is 1. The van der Waals surface area contributed by atoms with Gasteiger partial charge < -0.3 is 9.30 Å². The van der Waals surface area contributed by atoms with Gasteiger partial charge in [-0.2, -0.15) is 4.31 Å². The van der Waals surface area contributed by atoms with E-state index in [4.69, 9.17) is 21.3 Å². The fraction of sp³-hybridized carbons (Fsp3) is 0.381. The minimum Gasteiger partial charge on any atom is -0.379 e. The molecule has 0 N–H and O–H groups in total. The zero-order valence-electron chi connectivity index (χ0n) is 16.8. The first-order chi connectivity index (χ1) is 14.5. The molecule has 0 aliphatic carbocycles. The van der Waals surface area contributed by atoms with E-state index in [2.05, 4.69) is 11.5 Å². The Morgan fingerprint density at radius 3 is 2.53 bits per heavy atom. The maximum atomic E-state index is 13.0. The molecule has 1 saturated heterocycles. The van der Waals surface area contributed by atoms with Gasteiger partial charge in [0.1, 0.15) is 5.82 Å². The summed E-state index contributed by atoms with van der Waals surface area (Å²) >= 11 is 7.72. The summed E-state index contributed by atoms with van der Waals surface area (Å²) in [4.78, 5) is 5.05. The van der Waals surface area contributed by atoms with Crippen LogP contribution in [0.1, 0.15) is 18.3 Å². The average Bonchev–Trinajstić information content (AvgIpc) is 3.12. The fourth-order valence-electron chi connectivity index (χ4n) is 3.56. The first kappa shape index (κ1) is 21.6. The van der Waals surface area contributed by atoms with Crippen LogP contribution in [-0.4, -0.2) is 48.6 Å². The molecule has 0 unspecified atom stereocenters. The van der Waals surface area contributed by atoms with Crippen molar-refractivity contribution in [3.8, 4) is 0 Å². The predicted molar refractivity (Wildman–Crippen MR) is 121 cm³/mol. The third kappa shape index (κ3) is 4.53. The molecule has 0 saturated carbocycles. The summed E-state index contributed by atoms with van der Waals surface area (Å²) in [7, 11) is -3.53. The lowest BCUT2D eigenvalue weighted by Crippen LogP contribution is -2.40. The number of morpholine rings is 1. The average molecular weight is 466 g/mol. The van der Waals surface area contributed by atoms with Gasteiger partial charge in [0.15, 0.2) is 0 Å². The number of nitrogens with zero attached hydrogens (tertiary/aromatic N) is 3. The summed E-state index contributed by atoms with van der Waals surface area (Å²) in [6.45, 7) is 4.49. The molecule has 9 heteroatoms. The zero-order valence-corrected chi connectivity index (χ0v) is 19.1. The molecule has 0 radical (unpaired) electrons. The lowest BCUT2D eigenvalue weighted by Gasteiger charge is -2.26. The molecule has 1 aliphatic rings. The number of imidazole rings is 1. The van der Waals surface area contributed by atoms with Crippen LogP contribution in [0.4, 0.5) is 0 Å². The van der Waals surface area contributed by atoms with Crippen LogP contribution in [0.25, 0.3) is 11.0 Å². The summed E-state index contributed by atoms with van der Waals surface area (Å²) < 4.78 is 34.8. The van der Waals surface area contributed by atoms with Gasteiger partial charge in [0.2, 0.25) is 10.0 Å². The quantitative estimate of drug-likeness (QED) is 0.524. The van der Waals surface area contributed by atoms with E-state index in [9.17, 15) is 8.42 Å². The Morgan fingerprint density at radius 1 is 1.10 bits per heavy atom. The second kappa shape index (κ2) is 9.28. The summed E-state index contributed by atoms with van der Waals surface area (Å²) in [6.07, 6.45) is 0. The summed E-state index contributed by atoms with van der Waals surface area (Å²) in [5.74, 6) is 2.56. The standard InChI is InChI=1S/C21H24ClN3O3S2/c1-2-25-20-8-7-18(30(26,27)24-9-11-28-12-10-24)13-19(20)23-21(25)15-29-14-16-3-5-17(22)6-4-16/h3-8,13H,2,9-12,14-15H2,1H3. The Morgan fingerprint density at radius 2 is 1.83 bits per heavy atom. The first-order valence-corrected chi connectivity index (χ1v) is 12.9. The zero-order chi connectivity index (χ0) is 21.1. The number of thioether (sulfide) groups is 1. The summed E-state index contributed by atoms with van der Waals surface area (Å²) in [6, 6.07) is 13.1. The molecule has 1 fully saturated rings. The van der Waals surface area contributed by atoms with Crippen LogP contribution in [0.3, 0.4) is 0 Å². The number of benzene rings is 2. The van der Waals surface area contributed by atoms with Gasteiger partial charge in [-0.1, -0.05) is 23.7 Å². The fourth-order valence-corrected chi connectivity index (χ4v) is 6.05. The van der Waals surface area contributed by atoms with Crippen molar-refractivity contribution in [3.05, 3.63) is 58.9 Å². The lowest BCUT2D eigenvalue weighted by molar-refractivity contribution is 0.0730. The van der Waals surface area contributed by atoms with Crippen molar-refractivity contribution in [1.82, 2.24) is 13.9 Å². The molecule has 30 heavy (non-hydrogen) atoms. The van der Waals surface area contributed by atoms with Gasteiger partial charge in [0.05, 0.1) is 34.9 Å². The minimum absolute atomic E-state index is 0.290. The molecular formula is C21H24ClN3O3S2. The number of aryl methyl sites for hydroxylation is 1. The van der Waals surface area contributed by atoms with E-state index in [-0.39, 0.29) is 4.90 Å². The van der Waals surface area contributed by atoms with Gasteiger partial charge >= 0.3 is 0 Å². The second-order valence-electron chi connectivity index (χ2n) is 7.06. The summed E-state index contributed by atoms with van der Waals surface area (Å²) in [5, 5.41) is 0.736. The highest BCUT2D eigenvalue weighted by Crippen LogP contribution is 2.26. The van der Waals surface area contributed by atoms with Gasteiger partial charge in [0.25, 0.3) is 0 Å². The molecular weight excluding hydrogens is 442 g/mol. The molecule has 1 aromatic heterocycles. The van der Waals surface area contributed by atoms with Crippen molar-refractivity contribution in [2.45, 2.75) is 29.9 Å². The van der Waals surface area contributed by atoms with Crippen LogP contribution in [0, 0.1) is 0 Å². The Labute approximate surface area is 186 Å². The van der Waals surface area contributed by atoms with E-state index in [0.29, 0.717) is 31.8 Å². The van der Waals surface area contributed by atoms with Crippen LogP contribution in [0.2, 0.25) is 5.02 Å². The van der Waals surface area contributed by atoms with Crippen LogP contribution >= 0.6 is 23.4 Å². The van der Waals surface area contributed by atoms with Crippen LogP contribution in [0.5, 0.6) is 0 Å². The molecule has 2 heterocycles. The maximum Gasteiger partial charge on any atom is 0.243 e. The molecule has 0 amide bonds. The normalized spacial score (nSPS) is 15.7. The molecule has 3 aromatic rings. The molecule has 1 aliphatic heterocycles. The van der Waals surface area contributed by atoms with Crippen molar-refractivity contribution >= 4 is 44.4 Å². The number of sulfonamides is 1. The van der Waals surface area contributed by atoms with Crippen molar-refractivity contribution < 1.29 is 13.2 Å². The SMILES string of the molecule is CCn1c(CSCc2ccc(Cl)cc2)nc2cc(S(=O)(=O)N3CCOCC3)ccc21. The number of halogens is 1. The Bertz CT molecular complexity index is 1120. The second-order valence-corrected chi connectivity index (χ2v) is 10.4. The monoisotopic (exact) mass is 465 g/mol. The molecule has 6 nitrogen and oxygen atoms in total. The molecule has 0 spiro atoms. The van der Waals surface area contributed by atoms with Gasteiger partial charge in [-0.3, -0.25) is 0 Å². The third-order valence-electron chi connectivity index (χ3n) is 5.14. The molecule has 4 rings (SSSR count). The number of hydrogen-bond acceptors (Lipinski definition) is 5. The highest BCUT2D eigenvalue weighted by molar-refractivity contribution is 7.97. The van der Waals surface area contributed by atoms with Crippen LogP contribution in [0.15, 0.2) is 47.4 Å². The van der Waals surface area contributed by atoms with Crippen molar-refractivity contribution in [2.75, 3.05) is 26.3 Å². The number of ether oxygens (including phenoxy) is 1. The number of hydrogen-bond donors (Lipinski definition) is 0. The van der Waals surface area contributed by atoms with Crippen LogP contribution in [-0.2, 0) is 32.8 Å². The van der Waals surface area contributed by atoms with E-state index in [1.54, 1.807) is 23.9 Å². The van der Waals surface area contributed by atoms with E-state index in [1.165, 1.54) is 9.87 Å². The predicted octanol–water partition coefficient (Wildman–Crippen LogP) is 4.16. The molecule has 0 atom stereocenters. The molecule has 2 aromatic carbocycles. The summed E-state index contributed by atoms with van der Waals surface area (Å²) in [5.41, 5.74) is 2.89. The Hall–Kier alpha value is -1.58. The van der Waals surface area contributed by atoms with Gasteiger partial charge in [-0.15, -0.1) is 11.8 Å². The molecule has 0 bridgehead atoms. The van der Waals surface area contributed by atoms with E-state index in [0.717, 1.165) is 34.4 Å². The van der Waals surface area contributed by atoms with Crippen molar-refractivity contribution in [1.29, 1.82) is 0 Å². The highest BCUT2D eigenvalue weighted by Gasteiger charge is 2.27. The Kier molecular flexibility index (Phi) is 6.69. The van der Waals surface area contributed by atoms with Gasteiger partial charge in [-0.25, -0.2) is 13.4 Å². The first-order valence-electron chi connectivity index (χ1n) is 9.88. The smallest absolute Gasteiger partial charge is 0.243 e. The van der Waals surface area contributed by atoms with Crippen LogP contribution < -0.4 is 0 Å². The third-order valence-corrected chi connectivity index (χ3v) is 8.28. The lowest BCUT2D eigenvalue weighted by atomic mass is 10.2. The van der Waals surface area contributed by atoms with Crippen molar-refractivity contribution in [2.24, 2.45) is 0 Å². The number of aromatic nitrogens is 2.